The van der Waals surface area contributed by atoms with Crippen LogP contribution < -0.4 is 10.6 Å². The summed E-state index contributed by atoms with van der Waals surface area (Å²) < 4.78 is 1.05. The normalized spacial score (nSPS) is 18.5. The Bertz CT molecular complexity index is 769. The van der Waals surface area contributed by atoms with Crippen molar-refractivity contribution in [2.24, 2.45) is 5.92 Å². The van der Waals surface area contributed by atoms with Gasteiger partial charge in [-0.15, -0.1) is 0 Å². The Balaban J connectivity index is 1.42. The highest BCUT2D eigenvalue weighted by Crippen LogP contribution is 2.47. The highest BCUT2D eigenvalue weighted by atomic mass is 79.9. The number of pyridine rings is 1. The van der Waals surface area contributed by atoms with Gasteiger partial charge in [-0.2, -0.15) is 5.26 Å². The molecule has 1 aromatic heterocycles. The zero-order chi connectivity index (χ0) is 16.9. The van der Waals surface area contributed by atoms with Gasteiger partial charge in [-0.1, -0.05) is 28.1 Å². The van der Waals surface area contributed by atoms with Gasteiger partial charge in [-0.05, 0) is 42.2 Å². The molecule has 1 saturated carbocycles. The van der Waals surface area contributed by atoms with Crippen molar-refractivity contribution in [3.8, 4) is 6.07 Å². The Kier molecular flexibility index (Phi) is 5.11. The summed E-state index contributed by atoms with van der Waals surface area (Å²) in [5.74, 6) is 1.03. The molecule has 1 heterocycles. The first kappa shape index (κ1) is 16.5. The van der Waals surface area contributed by atoms with Gasteiger partial charge < -0.3 is 10.6 Å². The number of halogens is 1. The second kappa shape index (κ2) is 7.45. The molecule has 2 aromatic rings. The van der Waals surface area contributed by atoms with E-state index in [0.717, 1.165) is 10.9 Å². The molecule has 24 heavy (non-hydrogen) atoms. The van der Waals surface area contributed by atoms with Crippen molar-refractivity contribution in [2.45, 2.75) is 12.3 Å². The third-order valence-electron chi connectivity index (χ3n) is 4.07. The molecule has 0 radical (unpaired) electrons. The second-order valence-electron chi connectivity index (χ2n) is 5.73. The molecule has 0 spiro atoms. The van der Waals surface area contributed by atoms with Gasteiger partial charge >= 0.3 is 0 Å². The number of aromatic nitrogens is 1. The molecular weight excluding hydrogens is 368 g/mol. The van der Waals surface area contributed by atoms with Crippen LogP contribution in [0.2, 0.25) is 0 Å². The maximum Gasteiger partial charge on any atom is 0.223 e. The van der Waals surface area contributed by atoms with Gasteiger partial charge in [-0.3, -0.25) is 4.79 Å². The molecule has 0 aliphatic heterocycles. The van der Waals surface area contributed by atoms with Crippen molar-refractivity contribution in [1.29, 1.82) is 5.26 Å². The number of anilines is 1. The Hall–Kier alpha value is -2.39. The maximum atomic E-state index is 12.2. The van der Waals surface area contributed by atoms with Gasteiger partial charge in [0.25, 0.3) is 0 Å². The van der Waals surface area contributed by atoms with Crippen LogP contribution in [0.25, 0.3) is 0 Å². The smallest absolute Gasteiger partial charge is 0.223 e. The van der Waals surface area contributed by atoms with E-state index in [-0.39, 0.29) is 11.8 Å². The van der Waals surface area contributed by atoms with Crippen LogP contribution in [0.3, 0.4) is 0 Å². The molecule has 122 valence electrons. The molecule has 1 aliphatic rings. The highest BCUT2D eigenvalue weighted by Gasteiger charge is 2.43. The molecule has 2 N–H and O–H groups in total. The summed E-state index contributed by atoms with van der Waals surface area (Å²) in [4.78, 5) is 16.3. The number of nitriles is 1. The molecule has 5 nitrogen and oxygen atoms in total. The number of hydrogen-bond donors (Lipinski definition) is 2. The molecule has 1 aliphatic carbocycles. The van der Waals surface area contributed by atoms with E-state index in [1.165, 1.54) is 5.56 Å². The van der Waals surface area contributed by atoms with Crippen LogP contribution in [0.1, 0.15) is 23.5 Å². The van der Waals surface area contributed by atoms with E-state index in [4.69, 9.17) is 5.26 Å². The van der Waals surface area contributed by atoms with E-state index in [9.17, 15) is 4.79 Å². The summed E-state index contributed by atoms with van der Waals surface area (Å²) in [6, 6.07) is 13.7. The molecule has 1 amide bonds. The predicted octanol–water partition coefficient (Wildman–Crippen LogP) is 3.05. The van der Waals surface area contributed by atoms with E-state index >= 15 is 0 Å². The Morgan fingerprint density at radius 3 is 2.83 bits per heavy atom. The highest BCUT2D eigenvalue weighted by molar-refractivity contribution is 9.10. The summed E-state index contributed by atoms with van der Waals surface area (Å²) in [5.41, 5.74) is 1.71. The lowest BCUT2D eigenvalue weighted by Gasteiger charge is -2.08. The minimum absolute atomic E-state index is 0.0655. The largest absolute Gasteiger partial charge is 0.367 e. The molecule has 3 rings (SSSR count). The van der Waals surface area contributed by atoms with E-state index in [1.54, 1.807) is 18.3 Å². The molecule has 0 saturated heterocycles. The van der Waals surface area contributed by atoms with E-state index in [1.807, 2.05) is 12.1 Å². The molecule has 0 bridgehead atoms. The van der Waals surface area contributed by atoms with Crippen LogP contribution in [-0.2, 0) is 4.79 Å². The number of nitrogens with zero attached hydrogens (tertiary/aromatic N) is 2. The summed E-state index contributed by atoms with van der Waals surface area (Å²) in [5, 5.41) is 15.0. The predicted molar refractivity (Wildman–Crippen MR) is 95.4 cm³/mol. The van der Waals surface area contributed by atoms with E-state index < -0.39 is 0 Å². The lowest BCUT2D eigenvalue weighted by atomic mass is 10.1. The first-order chi connectivity index (χ1) is 11.7. The van der Waals surface area contributed by atoms with Crippen molar-refractivity contribution in [1.82, 2.24) is 10.3 Å². The topological polar surface area (TPSA) is 77.8 Å². The molecule has 2 atom stereocenters. The first-order valence-electron chi connectivity index (χ1n) is 7.81. The van der Waals surface area contributed by atoms with Crippen molar-refractivity contribution >= 4 is 27.7 Å². The average Bonchev–Trinajstić information content (AvgIpc) is 3.40. The minimum atomic E-state index is 0.0655. The van der Waals surface area contributed by atoms with Crippen molar-refractivity contribution in [3.05, 3.63) is 58.2 Å². The number of rotatable bonds is 6. The third-order valence-corrected chi connectivity index (χ3v) is 4.60. The number of carbonyl (C=O) groups excluding carboxylic acids is 1. The second-order valence-corrected chi connectivity index (χ2v) is 6.65. The van der Waals surface area contributed by atoms with E-state index in [2.05, 4.69) is 49.7 Å². The van der Waals surface area contributed by atoms with Crippen LogP contribution in [0.4, 0.5) is 5.82 Å². The average molecular weight is 385 g/mol. The van der Waals surface area contributed by atoms with Gasteiger partial charge in [0, 0.05) is 29.7 Å². The molecule has 1 aromatic carbocycles. The lowest BCUT2D eigenvalue weighted by Crippen LogP contribution is -2.30. The van der Waals surface area contributed by atoms with Gasteiger partial charge in [0.05, 0.1) is 5.56 Å². The van der Waals surface area contributed by atoms with Crippen LogP contribution >= 0.6 is 15.9 Å². The number of benzene rings is 1. The van der Waals surface area contributed by atoms with Gasteiger partial charge in [0.15, 0.2) is 0 Å². The maximum absolute atomic E-state index is 12.2. The minimum Gasteiger partial charge on any atom is -0.367 e. The number of nitrogens with one attached hydrogen (secondary N) is 2. The SMILES string of the molecule is N#Cc1cccnc1NCCNC(=O)C1CC1c1ccc(Br)cc1. The first-order valence-corrected chi connectivity index (χ1v) is 8.60. The monoisotopic (exact) mass is 384 g/mol. The fourth-order valence-electron chi connectivity index (χ4n) is 2.70. The Morgan fingerprint density at radius 1 is 1.29 bits per heavy atom. The van der Waals surface area contributed by atoms with Crippen LogP contribution in [0, 0.1) is 17.2 Å². The fraction of sp³-hybridized carbons (Fsp3) is 0.278. The molecule has 6 heteroatoms. The molecule has 2 unspecified atom stereocenters. The van der Waals surface area contributed by atoms with Crippen molar-refractivity contribution < 1.29 is 4.79 Å². The van der Waals surface area contributed by atoms with E-state index in [0.29, 0.717) is 30.4 Å². The zero-order valence-corrected chi connectivity index (χ0v) is 14.6. The van der Waals surface area contributed by atoms with Crippen LogP contribution in [-0.4, -0.2) is 24.0 Å². The summed E-state index contributed by atoms with van der Waals surface area (Å²) in [7, 11) is 0. The van der Waals surface area contributed by atoms with Crippen molar-refractivity contribution in [2.75, 3.05) is 18.4 Å². The van der Waals surface area contributed by atoms with Gasteiger partial charge in [0.1, 0.15) is 11.9 Å². The molecule has 1 fully saturated rings. The summed E-state index contributed by atoms with van der Waals surface area (Å²) in [6.07, 6.45) is 2.54. The Morgan fingerprint density at radius 2 is 2.08 bits per heavy atom. The fourth-order valence-corrected chi connectivity index (χ4v) is 2.96. The number of hydrogen-bond acceptors (Lipinski definition) is 4. The molecular formula is C18H17BrN4O. The Labute approximate surface area is 149 Å². The summed E-state index contributed by atoms with van der Waals surface area (Å²) >= 11 is 3.42. The summed E-state index contributed by atoms with van der Waals surface area (Å²) in [6.45, 7) is 1.04. The third kappa shape index (κ3) is 3.92. The lowest BCUT2D eigenvalue weighted by molar-refractivity contribution is -0.122. The van der Waals surface area contributed by atoms with Gasteiger partial charge in [-0.25, -0.2) is 4.98 Å². The zero-order valence-electron chi connectivity index (χ0n) is 13.0. The van der Waals surface area contributed by atoms with Gasteiger partial charge in [0.2, 0.25) is 5.91 Å². The number of amides is 1. The standard InChI is InChI=1S/C18H17BrN4O/c19-14-5-3-12(4-6-14)15-10-16(15)18(24)23-9-8-22-17-13(11-20)2-1-7-21-17/h1-7,15-16H,8-10H2,(H,21,22)(H,23,24). The van der Waals surface area contributed by atoms with Crippen LogP contribution in [0.5, 0.6) is 0 Å². The van der Waals surface area contributed by atoms with Crippen LogP contribution in [0.15, 0.2) is 47.1 Å². The quantitative estimate of drug-likeness (QED) is 0.750. The van der Waals surface area contributed by atoms with Crippen molar-refractivity contribution in [3.63, 3.8) is 0 Å². The number of carbonyl (C=O) groups is 1.